The lowest BCUT2D eigenvalue weighted by Gasteiger charge is -2.11. The van der Waals surface area contributed by atoms with Crippen LogP contribution in [0.3, 0.4) is 0 Å². The number of thiophene rings is 1. The summed E-state index contributed by atoms with van der Waals surface area (Å²) in [6.07, 6.45) is 1.83. The molecule has 9 heteroatoms. The second kappa shape index (κ2) is 8.95. The van der Waals surface area contributed by atoms with Crippen LogP contribution < -0.4 is 25.4 Å². The van der Waals surface area contributed by atoms with Gasteiger partial charge in [-0.25, -0.2) is 0 Å². The Kier molecular flexibility index (Phi) is 5.70. The van der Waals surface area contributed by atoms with Gasteiger partial charge >= 0.3 is 0 Å². The van der Waals surface area contributed by atoms with Crippen LogP contribution in [0.2, 0.25) is 0 Å². The summed E-state index contributed by atoms with van der Waals surface area (Å²) in [5.41, 5.74) is 1.63. The standard InChI is InChI=1S/C24H21N3O5S/c28-22(15-6-7-15)27-21-10-9-20(33-21)24(30)26-17-4-2-1-3-16(17)23(29)25-12-14-5-8-18-19(11-14)32-13-31-18/h1-5,8-11,15H,6-7,12-13H2,(H,25,29)(H,26,30)(H,27,28). The highest BCUT2D eigenvalue weighted by Crippen LogP contribution is 2.33. The van der Waals surface area contributed by atoms with Crippen LogP contribution in [0.5, 0.6) is 11.5 Å². The molecule has 0 saturated heterocycles. The molecule has 3 N–H and O–H groups in total. The van der Waals surface area contributed by atoms with E-state index in [1.54, 1.807) is 42.5 Å². The summed E-state index contributed by atoms with van der Waals surface area (Å²) in [6.45, 7) is 0.490. The zero-order valence-corrected chi connectivity index (χ0v) is 18.4. The molecule has 0 spiro atoms. The number of anilines is 2. The Morgan fingerprint density at radius 3 is 2.58 bits per heavy atom. The average molecular weight is 464 g/mol. The maximum Gasteiger partial charge on any atom is 0.265 e. The Morgan fingerprint density at radius 1 is 0.909 bits per heavy atom. The van der Waals surface area contributed by atoms with Crippen LogP contribution in [0.1, 0.15) is 38.4 Å². The minimum atomic E-state index is -0.344. The van der Waals surface area contributed by atoms with Crippen LogP contribution in [0, 0.1) is 5.92 Å². The van der Waals surface area contributed by atoms with Gasteiger partial charge in [0, 0.05) is 12.5 Å². The fraction of sp³-hybridized carbons (Fsp3) is 0.208. The van der Waals surface area contributed by atoms with E-state index >= 15 is 0 Å². The average Bonchev–Trinajstić information content (AvgIpc) is 3.40. The summed E-state index contributed by atoms with van der Waals surface area (Å²) in [7, 11) is 0. The van der Waals surface area contributed by atoms with E-state index in [-0.39, 0.29) is 30.4 Å². The first-order valence-electron chi connectivity index (χ1n) is 10.5. The van der Waals surface area contributed by atoms with Crippen molar-refractivity contribution in [2.24, 2.45) is 5.92 Å². The van der Waals surface area contributed by atoms with Crippen molar-refractivity contribution < 1.29 is 23.9 Å². The van der Waals surface area contributed by atoms with Crippen molar-refractivity contribution in [3.63, 3.8) is 0 Å². The number of carbonyl (C=O) groups is 3. The highest BCUT2D eigenvalue weighted by atomic mass is 32.1. The minimum absolute atomic E-state index is 0.00622. The van der Waals surface area contributed by atoms with E-state index in [4.69, 9.17) is 9.47 Å². The van der Waals surface area contributed by atoms with Gasteiger partial charge in [0.15, 0.2) is 11.5 Å². The van der Waals surface area contributed by atoms with Crippen LogP contribution in [0.25, 0.3) is 0 Å². The van der Waals surface area contributed by atoms with Crippen molar-refractivity contribution in [1.82, 2.24) is 5.32 Å². The van der Waals surface area contributed by atoms with Gasteiger partial charge in [0.25, 0.3) is 11.8 Å². The van der Waals surface area contributed by atoms with Gasteiger partial charge in [0.05, 0.1) is 21.1 Å². The molecule has 0 radical (unpaired) electrons. The summed E-state index contributed by atoms with van der Waals surface area (Å²) >= 11 is 1.20. The lowest BCUT2D eigenvalue weighted by molar-refractivity contribution is -0.117. The third-order valence-electron chi connectivity index (χ3n) is 5.33. The molecule has 0 atom stereocenters. The molecule has 3 amide bonds. The molecule has 8 nitrogen and oxygen atoms in total. The van der Waals surface area contributed by atoms with E-state index in [1.807, 2.05) is 12.1 Å². The van der Waals surface area contributed by atoms with E-state index in [0.29, 0.717) is 39.2 Å². The minimum Gasteiger partial charge on any atom is -0.454 e. The van der Waals surface area contributed by atoms with Crippen molar-refractivity contribution >= 4 is 39.7 Å². The van der Waals surface area contributed by atoms with Gasteiger partial charge in [0.1, 0.15) is 0 Å². The third-order valence-corrected chi connectivity index (χ3v) is 6.33. The number of carbonyl (C=O) groups excluding carboxylic acids is 3. The molecule has 1 aliphatic carbocycles. The summed E-state index contributed by atoms with van der Waals surface area (Å²) in [4.78, 5) is 37.9. The van der Waals surface area contributed by atoms with Crippen LogP contribution in [0.15, 0.2) is 54.6 Å². The fourth-order valence-electron chi connectivity index (χ4n) is 3.40. The normalized spacial score (nSPS) is 13.9. The second-order valence-electron chi connectivity index (χ2n) is 7.80. The third kappa shape index (κ3) is 4.83. The molecular formula is C24H21N3O5S. The van der Waals surface area contributed by atoms with Crippen molar-refractivity contribution in [1.29, 1.82) is 0 Å². The maximum absolute atomic E-state index is 12.8. The van der Waals surface area contributed by atoms with Crippen molar-refractivity contribution in [3.8, 4) is 11.5 Å². The number of para-hydroxylation sites is 1. The molecule has 168 valence electrons. The Balaban J connectivity index is 1.22. The largest absolute Gasteiger partial charge is 0.454 e. The van der Waals surface area contributed by atoms with Crippen molar-refractivity contribution in [2.45, 2.75) is 19.4 Å². The molecule has 3 aromatic rings. The van der Waals surface area contributed by atoms with E-state index in [2.05, 4.69) is 16.0 Å². The number of fused-ring (bicyclic) bond motifs is 1. The molecule has 2 aliphatic rings. The van der Waals surface area contributed by atoms with Gasteiger partial charge in [-0.1, -0.05) is 18.2 Å². The second-order valence-corrected chi connectivity index (χ2v) is 8.88. The summed E-state index contributed by atoms with van der Waals surface area (Å²) in [6, 6.07) is 15.7. The SMILES string of the molecule is O=C(Nc1ccccc1C(=O)NCc1ccc2c(c1)OCO2)c1ccc(NC(=O)C2CC2)s1. The van der Waals surface area contributed by atoms with Gasteiger partial charge in [0.2, 0.25) is 12.7 Å². The molecule has 1 aromatic heterocycles. The zero-order chi connectivity index (χ0) is 22.8. The van der Waals surface area contributed by atoms with Gasteiger partial charge < -0.3 is 25.4 Å². The smallest absolute Gasteiger partial charge is 0.265 e. The quantitative estimate of drug-likeness (QED) is 0.491. The highest BCUT2D eigenvalue weighted by Gasteiger charge is 2.30. The first-order valence-corrected chi connectivity index (χ1v) is 11.4. The first-order chi connectivity index (χ1) is 16.1. The topological polar surface area (TPSA) is 106 Å². The molecule has 1 saturated carbocycles. The molecule has 5 rings (SSSR count). The number of nitrogens with one attached hydrogen (secondary N) is 3. The summed E-state index contributed by atoms with van der Waals surface area (Å²) < 4.78 is 10.7. The number of hydrogen-bond donors (Lipinski definition) is 3. The molecule has 2 heterocycles. The van der Waals surface area contributed by atoms with Gasteiger partial charge in [-0.05, 0) is 54.8 Å². The van der Waals surface area contributed by atoms with Gasteiger partial charge in [-0.3, -0.25) is 14.4 Å². The monoisotopic (exact) mass is 463 g/mol. The number of rotatable bonds is 7. The van der Waals surface area contributed by atoms with Crippen molar-refractivity contribution in [2.75, 3.05) is 17.4 Å². The zero-order valence-electron chi connectivity index (χ0n) is 17.6. The fourth-order valence-corrected chi connectivity index (χ4v) is 4.20. The summed E-state index contributed by atoms with van der Waals surface area (Å²) in [5, 5.41) is 9.14. The van der Waals surface area contributed by atoms with Gasteiger partial charge in [-0.15, -0.1) is 11.3 Å². The molecule has 0 bridgehead atoms. The molecular weight excluding hydrogens is 442 g/mol. The highest BCUT2D eigenvalue weighted by molar-refractivity contribution is 7.18. The molecule has 0 unspecified atom stereocenters. The Labute approximate surface area is 193 Å². The van der Waals surface area contributed by atoms with Crippen LogP contribution in [-0.2, 0) is 11.3 Å². The van der Waals surface area contributed by atoms with E-state index < -0.39 is 0 Å². The number of benzene rings is 2. The Bertz CT molecular complexity index is 1230. The van der Waals surface area contributed by atoms with Crippen molar-refractivity contribution in [3.05, 3.63) is 70.6 Å². The lowest BCUT2D eigenvalue weighted by Crippen LogP contribution is -2.24. The van der Waals surface area contributed by atoms with Gasteiger partial charge in [-0.2, -0.15) is 0 Å². The van der Waals surface area contributed by atoms with E-state index in [0.717, 1.165) is 18.4 Å². The first kappa shape index (κ1) is 21.0. The van der Waals surface area contributed by atoms with Crippen LogP contribution in [-0.4, -0.2) is 24.5 Å². The number of hydrogen-bond acceptors (Lipinski definition) is 6. The van der Waals surface area contributed by atoms with Crippen LogP contribution >= 0.6 is 11.3 Å². The number of amides is 3. The van der Waals surface area contributed by atoms with E-state index in [9.17, 15) is 14.4 Å². The Morgan fingerprint density at radius 2 is 1.73 bits per heavy atom. The summed E-state index contributed by atoms with van der Waals surface area (Å²) in [5.74, 6) is 0.760. The number of ether oxygens (including phenoxy) is 2. The van der Waals surface area contributed by atoms with Crippen LogP contribution in [0.4, 0.5) is 10.7 Å². The maximum atomic E-state index is 12.8. The molecule has 1 fully saturated rings. The predicted octanol–water partition coefficient (Wildman–Crippen LogP) is 4.01. The molecule has 33 heavy (non-hydrogen) atoms. The molecule has 2 aromatic carbocycles. The Hall–Kier alpha value is -3.85. The lowest BCUT2D eigenvalue weighted by atomic mass is 10.1. The molecule has 1 aliphatic heterocycles. The predicted molar refractivity (Wildman–Crippen MR) is 124 cm³/mol. The van der Waals surface area contributed by atoms with E-state index in [1.165, 1.54) is 11.3 Å².